The third kappa shape index (κ3) is 3.03. The first-order chi connectivity index (χ1) is 10.0. The van der Waals surface area contributed by atoms with Crippen LogP contribution >= 0.6 is 0 Å². The Kier molecular flexibility index (Phi) is 4.12. The fourth-order valence-corrected chi connectivity index (χ4v) is 4.27. The zero-order valence-corrected chi connectivity index (χ0v) is 13.7. The Morgan fingerprint density at radius 1 is 1.33 bits per heavy atom. The minimum atomic E-state index is -3.35. The predicted molar refractivity (Wildman–Crippen MR) is 82.6 cm³/mol. The van der Waals surface area contributed by atoms with E-state index in [1.54, 1.807) is 7.05 Å². The molecule has 3 rings (SSSR count). The van der Waals surface area contributed by atoms with E-state index in [1.165, 1.54) is 10.7 Å². The summed E-state index contributed by atoms with van der Waals surface area (Å²) in [4.78, 5) is 0.446. The average Bonchev–Trinajstić information content (AvgIpc) is 3.15. The van der Waals surface area contributed by atoms with Crippen LogP contribution in [-0.2, 0) is 16.6 Å². The molecule has 21 heavy (non-hydrogen) atoms. The Bertz CT molecular complexity index is 600. The molecule has 0 saturated heterocycles. The van der Waals surface area contributed by atoms with Gasteiger partial charge in [0.15, 0.2) is 0 Å². The summed E-state index contributed by atoms with van der Waals surface area (Å²) in [5, 5.41) is 3.12. The molecule has 0 unspecified atom stereocenters. The third-order valence-corrected chi connectivity index (χ3v) is 6.44. The summed E-state index contributed by atoms with van der Waals surface area (Å²) in [5.74, 6) is 0.548. The van der Waals surface area contributed by atoms with Gasteiger partial charge in [0.2, 0.25) is 10.0 Å². The lowest BCUT2D eigenvalue weighted by Crippen LogP contribution is -2.34. The SMILES string of the molecule is CNCc1cc(S(=O)(=O)N(C)CC2CCC2)cn1C1CC1. The Morgan fingerprint density at radius 2 is 2.05 bits per heavy atom. The largest absolute Gasteiger partial charge is 0.346 e. The van der Waals surface area contributed by atoms with Crippen LogP contribution in [-0.4, -0.2) is 37.9 Å². The standard InChI is InChI=1S/C15H25N3O2S/c1-16-9-14-8-15(11-18(14)13-6-7-13)21(19,20)17(2)10-12-4-3-5-12/h8,11-13,16H,3-7,9-10H2,1-2H3. The van der Waals surface area contributed by atoms with Crippen LogP contribution in [0.2, 0.25) is 0 Å². The van der Waals surface area contributed by atoms with Crippen molar-refractivity contribution in [1.82, 2.24) is 14.2 Å². The van der Waals surface area contributed by atoms with Gasteiger partial charge in [0.1, 0.15) is 4.90 Å². The van der Waals surface area contributed by atoms with E-state index in [0.717, 1.165) is 31.4 Å². The summed E-state index contributed by atoms with van der Waals surface area (Å²) in [5.41, 5.74) is 1.07. The van der Waals surface area contributed by atoms with Crippen molar-refractivity contribution in [2.75, 3.05) is 20.6 Å². The molecule has 0 radical (unpaired) electrons. The summed E-state index contributed by atoms with van der Waals surface area (Å²) in [7, 11) is 0.247. The van der Waals surface area contributed by atoms with Gasteiger partial charge in [-0.15, -0.1) is 0 Å². The fourth-order valence-electron chi connectivity index (χ4n) is 2.97. The molecule has 6 heteroatoms. The van der Waals surface area contributed by atoms with E-state index in [4.69, 9.17) is 0 Å². The molecule has 118 valence electrons. The summed E-state index contributed by atoms with van der Waals surface area (Å²) in [6.07, 6.45) is 7.70. The number of hydrogen-bond acceptors (Lipinski definition) is 3. The van der Waals surface area contributed by atoms with Gasteiger partial charge in [-0.05, 0) is 44.7 Å². The first-order valence-corrected chi connectivity index (χ1v) is 9.28. The van der Waals surface area contributed by atoms with Gasteiger partial charge in [-0.25, -0.2) is 12.7 Å². The van der Waals surface area contributed by atoms with Crippen LogP contribution in [0.4, 0.5) is 0 Å². The lowest BCUT2D eigenvalue weighted by atomic mass is 9.86. The molecule has 1 aromatic rings. The number of nitrogens with one attached hydrogen (secondary N) is 1. The summed E-state index contributed by atoms with van der Waals surface area (Å²) in [6, 6.07) is 2.33. The first kappa shape index (κ1) is 15.1. The van der Waals surface area contributed by atoms with Gasteiger partial charge in [0.05, 0.1) is 0 Å². The van der Waals surface area contributed by atoms with Crippen molar-refractivity contribution in [2.24, 2.45) is 5.92 Å². The highest BCUT2D eigenvalue weighted by Crippen LogP contribution is 2.37. The molecule has 1 heterocycles. The Hall–Kier alpha value is -0.850. The lowest BCUT2D eigenvalue weighted by Gasteiger charge is -2.29. The second-order valence-electron chi connectivity index (χ2n) is 6.42. The molecule has 2 saturated carbocycles. The van der Waals surface area contributed by atoms with E-state index in [1.807, 2.05) is 19.3 Å². The quantitative estimate of drug-likeness (QED) is 0.837. The summed E-state index contributed by atoms with van der Waals surface area (Å²) < 4.78 is 29.1. The first-order valence-electron chi connectivity index (χ1n) is 7.84. The van der Waals surface area contributed by atoms with Gasteiger partial charge < -0.3 is 9.88 Å². The highest BCUT2D eigenvalue weighted by molar-refractivity contribution is 7.89. The van der Waals surface area contributed by atoms with Gasteiger partial charge in [-0.2, -0.15) is 0 Å². The summed E-state index contributed by atoms with van der Waals surface area (Å²) in [6.45, 7) is 1.36. The van der Waals surface area contributed by atoms with Crippen LogP contribution in [0, 0.1) is 5.92 Å². The van der Waals surface area contributed by atoms with Gasteiger partial charge in [0.25, 0.3) is 0 Å². The van der Waals surface area contributed by atoms with Crippen molar-refractivity contribution in [1.29, 1.82) is 0 Å². The predicted octanol–water partition coefficient (Wildman–Crippen LogP) is 1.96. The topological polar surface area (TPSA) is 54.3 Å². The third-order valence-electron chi connectivity index (χ3n) is 4.65. The minimum absolute atomic E-state index is 0.446. The lowest BCUT2D eigenvalue weighted by molar-refractivity contribution is 0.263. The van der Waals surface area contributed by atoms with Crippen LogP contribution in [0.5, 0.6) is 0 Å². The van der Waals surface area contributed by atoms with Crippen LogP contribution in [0.15, 0.2) is 17.2 Å². The van der Waals surface area contributed by atoms with Crippen LogP contribution in [0.25, 0.3) is 0 Å². The second-order valence-corrected chi connectivity index (χ2v) is 8.46. The van der Waals surface area contributed by atoms with Gasteiger partial charge in [-0.3, -0.25) is 0 Å². The van der Waals surface area contributed by atoms with Crippen molar-refractivity contribution < 1.29 is 8.42 Å². The van der Waals surface area contributed by atoms with E-state index in [0.29, 0.717) is 29.9 Å². The molecule has 0 amide bonds. The van der Waals surface area contributed by atoms with Crippen LogP contribution < -0.4 is 5.32 Å². The molecule has 0 aromatic carbocycles. The van der Waals surface area contributed by atoms with Crippen LogP contribution in [0.3, 0.4) is 0 Å². The van der Waals surface area contributed by atoms with Crippen molar-refractivity contribution in [2.45, 2.75) is 49.6 Å². The van der Waals surface area contributed by atoms with Crippen LogP contribution in [0.1, 0.15) is 43.8 Å². The number of nitrogens with zero attached hydrogens (tertiary/aromatic N) is 2. The number of rotatable bonds is 7. The smallest absolute Gasteiger partial charge is 0.244 e. The molecule has 5 nitrogen and oxygen atoms in total. The molecule has 1 N–H and O–H groups in total. The van der Waals surface area contributed by atoms with E-state index < -0.39 is 10.0 Å². The zero-order valence-electron chi connectivity index (χ0n) is 12.9. The molecular weight excluding hydrogens is 286 g/mol. The molecule has 0 atom stereocenters. The fraction of sp³-hybridized carbons (Fsp3) is 0.733. The molecule has 2 aliphatic rings. The number of hydrogen-bond donors (Lipinski definition) is 1. The van der Waals surface area contributed by atoms with Gasteiger partial charge >= 0.3 is 0 Å². The molecule has 0 bridgehead atoms. The normalized spacial score (nSPS) is 20.0. The van der Waals surface area contributed by atoms with Crippen molar-refractivity contribution in [3.05, 3.63) is 18.0 Å². The zero-order chi connectivity index (χ0) is 15.0. The van der Waals surface area contributed by atoms with Crippen molar-refractivity contribution in [3.63, 3.8) is 0 Å². The van der Waals surface area contributed by atoms with E-state index >= 15 is 0 Å². The Labute approximate surface area is 127 Å². The maximum absolute atomic E-state index is 12.7. The highest BCUT2D eigenvalue weighted by atomic mass is 32.2. The molecule has 0 spiro atoms. The summed E-state index contributed by atoms with van der Waals surface area (Å²) >= 11 is 0. The average molecular weight is 311 g/mol. The van der Waals surface area contributed by atoms with Gasteiger partial charge in [-0.1, -0.05) is 6.42 Å². The molecular formula is C15H25N3O2S. The Balaban J connectivity index is 1.81. The van der Waals surface area contributed by atoms with E-state index in [9.17, 15) is 8.42 Å². The van der Waals surface area contributed by atoms with E-state index in [-0.39, 0.29) is 0 Å². The van der Waals surface area contributed by atoms with E-state index in [2.05, 4.69) is 9.88 Å². The minimum Gasteiger partial charge on any atom is -0.346 e. The molecule has 2 aliphatic carbocycles. The molecule has 1 aromatic heterocycles. The Morgan fingerprint density at radius 3 is 2.57 bits per heavy atom. The van der Waals surface area contributed by atoms with Crippen molar-refractivity contribution >= 4 is 10.0 Å². The maximum atomic E-state index is 12.7. The molecule has 0 aliphatic heterocycles. The number of aromatic nitrogens is 1. The monoisotopic (exact) mass is 311 g/mol. The van der Waals surface area contributed by atoms with Gasteiger partial charge in [0, 0.05) is 38.1 Å². The molecule has 2 fully saturated rings. The maximum Gasteiger partial charge on any atom is 0.244 e. The highest BCUT2D eigenvalue weighted by Gasteiger charge is 2.31. The second kappa shape index (κ2) is 5.74. The van der Waals surface area contributed by atoms with Crippen molar-refractivity contribution in [3.8, 4) is 0 Å². The number of sulfonamides is 1.